The Hall–Kier alpha value is -1.48. The monoisotopic (exact) mass is 230 g/mol. The highest BCUT2D eigenvalue weighted by Crippen LogP contribution is 2.34. The van der Waals surface area contributed by atoms with Gasteiger partial charge in [-0.05, 0) is 18.6 Å². The van der Waals surface area contributed by atoms with Gasteiger partial charge >= 0.3 is 0 Å². The van der Waals surface area contributed by atoms with Crippen molar-refractivity contribution in [2.75, 3.05) is 7.11 Å². The second kappa shape index (κ2) is 3.77. The molecule has 2 aromatic rings. The summed E-state index contributed by atoms with van der Waals surface area (Å²) in [7, 11) is 3.88. The standard InChI is InChI=1S/C14H18N2O/c1-9-7-12-11(8-15-9)10-5-4-6-13(17-3)14(10)16(12)2/h4-6,9,15H,7-8H2,1-3H3. The molecule has 0 bridgehead atoms. The number of aryl methyl sites for hydroxylation is 1. The molecule has 90 valence electrons. The third kappa shape index (κ3) is 1.46. The molecule has 0 spiro atoms. The highest BCUT2D eigenvalue weighted by molar-refractivity contribution is 5.90. The van der Waals surface area contributed by atoms with Gasteiger partial charge in [0.2, 0.25) is 0 Å². The zero-order valence-corrected chi connectivity index (χ0v) is 10.6. The van der Waals surface area contributed by atoms with Crippen LogP contribution in [0.1, 0.15) is 18.2 Å². The first-order chi connectivity index (χ1) is 8.22. The fraction of sp³-hybridized carbons (Fsp3) is 0.429. The van der Waals surface area contributed by atoms with Crippen molar-refractivity contribution in [2.45, 2.75) is 25.9 Å². The van der Waals surface area contributed by atoms with Crippen molar-refractivity contribution >= 4 is 10.9 Å². The Labute approximate surface area is 101 Å². The molecule has 1 aromatic heterocycles. The number of para-hydroxylation sites is 1. The minimum absolute atomic E-state index is 0.552. The average molecular weight is 230 g/mol. The molecular weight excluding hydrogens is 212 g/mol. The number of fused-ring (bicyclic) bond motifs is 3. The lowest BCUT2D eigenvalue weighted by Crippen LogP contribution is -2.33. The van der Waals surface area contributed by atoms with Crippen LogP contribution in [0.25, 0.3) is 10.9 Å². The largest absolute Gasteiger partial charge is 0.495 e. The average Bonchev–Trinajstić information content (AvgIpc) is 2.63. The lowest BCUT2D eigenvalue weighted by Gasteiger charge is -2.21. The molecule has 0 saturated heterocycles. The molecule has 3 heteroatoms. The van der Waals surface area contributed by atoms with Gasteiger partial charge in [-0.15, -0.1) is 0 Å². The predicted molar refractivity (Wildman–Crippen MR) is 69.5 cm³/mol. The maximum atomic E-state index is 5.47. The topological polar surface area (TPSA) is 26.2 Å². The van der Waals surface area contributed by atoms with Crippen LogP contribution < -0.4 is 10.1 Å². The fourth-order valence-corrected chi connectivity index (χ4v) is 2.87. The highest BCUT2D eigenvalue weighted by atomic mass is 16.5. The smallest absolute Gasteiger partial charge is 0.143 e. The van der Waals surface area contributed by atoms with E-state index in [0.29, 0.717) is 6.04 Å². The van der Waals surface area contributed by atoms with Gasteiger partial charge in [-0.2, -0.15) is 0 Å². The molecule has 1 atom stereocenters. The summed E-state index contributed by atoms with van der Waals surface area (Å²) in [6, 6.07) is 6.84. The number of nitrogens with zero attached hydrogens (tertiary/aromatic N) is 1. The van der Waals surface area contributed by atoms with Crippen LogP contribution in [0, 0.1) is 0 Å². The summed E-state index contributed by atoms with van der Waals surface area (Å²) in [5.41, 5.74) is 4.09. The van der Waals surface area contributed by atoms with E-state index >= 15 is 0 Å². The fourth-order valence-electron chi connectivity index (χ4n) is 2.87. The van der Waals surface area contributed by atoms with Crippen LogP contribution in [0.15, 0.2) is 18.2 Å². The number of hydrogen-bond donors (Lipinski definition) is 1. The number of benzene rings is 1. The van der Waals surface area contributed by atoms with Crippen molar-refractivity contribution in [3.63, 3.8) is 0 Å². The van der Waals surface area contributed by atoms with Crippen LogP contribution in [0.2, 0.25) is 0 Å². The Morgan fingerprint density at radius 1 is 1.41 bits per heavy atom. The van der Waals surface area contributed by atoms with Crippen LogP contribution in [-0.2, 0) is 20.0 Å². The first-order valence-corrected chi connectivity index (χ1v) is 6.09. The molecule has 2 heterocycles. The number of hydrogen-bond acceptors (Lipinski definition) is 2. The number of ether oxygens (including phenoxy) is 1. The summed E-state index contributed by atoms with van der Waals surface area (Å²) < 4.78 is 7.76. The molecule has 3 rings (SSSR count). The molecule has 0 aliphatic carbocycles. The Balaban J connectivity index is 2.33. The normalized spacial score (nSPS) is 19.4. The van der Waals surface area contributed by atoms with Gasteiger partial charge in [-0.25, -0.2) is 0 Å². The molecule has 0 radical (unpaired) electrons. The van der Waals surface area contributed by atoms with E-state index in [4.69, 9.17) is 4.74 Å². The third-order valence-electron chi connectivity index (χ3n) is 3.76. The molecule has 0 saturated carbocycles. The van der Waals surface area contributed by atoms with Gasteiger partial charge in [-0.3, -0.25) is 0 Å². The van der Waals surface area contributed by atoms with Crippen molar-refractivity contribution in [1.29, 1.82) is 0 Å². The molecule has 1 aliphatic heterocycles. The molecule has 3 nitrogen and oxygen atoms in total. The Morgan fingerprint density at radius 3 is 3.00 bits per heavy atom. The van der Waals surface area contributed by atoms with E-state index in [0.717, 1.165) is 18.7 Å². The van der Waals surface area contributed by atoms with Gasteiger partial charge in [0.1, 0.15) is 5.75 Å². The minimum Gasteiger partial charge on any atom is -0.495 e. The highest BCUT2D eigenvalue weighted by Gasteiger charge is 2.22. The number of methoxy groups -OCH3 is 1. The van der Waals surface area contributed by atoms with E-state index in [1.54, 1.807) is 7.11 Å². The number of nitrogens with one attached hydrogen (secondary N) is 1. The van der Waals surface area contributed by atoms with Gasteiger partial charge in [0.15, 0.2) is 0 Å². The summed E-state index contributed by atoms with van der Waals surface area (Å²) in [6.45, 7) is 3.19. The van der Waals surface area contributed by atoms with Crippen molar-refractivity contribution in [2.24, 2.45) is 7.05 Å². The van der Waals surface area contributed by atoms with E-state index in [1.807, 2.05) is 6.07 Å². The Morgan fingerprint density at radius 2 is 2.24 bits per heavy atom. The van der Waals surface area contributed by atoms with E-state index < -0.39 is 0 Å². The zero-order chi connectivity index (χ0) is 12.0. The van der Waals surface area contributed by atoms with Crippen molar-refractivity contribution < 1.29 is 4.74 Å². The maximum Gasteiger partial charge on any atom is 0.143 e. The minimum atomic E-state index is 0.552. The lowest BCUT2D eigenvalue weighted by atomic mass is 10.0. The van der Waals surface area contributed by atoms with Gasteiger partial charge in [0, 0.05) is 37.1 Å². The van der Waals surface area contributed by atoms with Crippen molar-refractivity contribution in [1.82, 2.24) is 9.88 Å². The third-order valence-corrected chi connectivity index (χ3v) is 3.76. The van der Waals surface area contributed by atoms with Gasteiger partial charge in [-0.1, -0.05) is 12.1 Å². The van der Waals surface area contributed by atoms with Crippen molar-refractivity contribution in [3.8, 4) is 5.75 Å². The molecular formula is C14H18N2O. The molecule has 17 heavy (non-hydrogen) atoms. The SMILES string of the molecule is COc1cccc2c3c(n(C)c12)CC(C)NC3. The van der Waals surface area contributed by atoms with Crippen LogP contribution >= 0.6 is 0 Å². The quantitative estimate of drug-likeness (QED) is 0.813. The van der Waals surface area contributed by atoms with E-state index in [9.17, 15) is 0 Å². The molecule has 1 N–H and O–H groups in total. The lowest BCUT2D eigenvalue weighted by molar-refractivity contribution is 0.417. The van der Waals surface area contributed by atoms with Crippen LogP contribution in [0.3, 0.4) is 0 Å². The van der Waals surface area contributed by atoms with Crippen LogP contribution in [0.5, 0.6) is 5.75 Å². The first kappa shape index (κ1) is 10.7. The molecule has 1 unspecified atom stereocenters. The summed E-state index contributed by atoms with van der Waals surface area (Å²) in [5, 5.41) is 4.85. The molecule has 1 aromatic carbocycles. The van der Waals surface area contributed by atoms with Gasteiger partial charge < -0.3 is 14.6 Å². The van der Waals surface area contributed by atoms with Crippen LogP contribution in [0.4, 0.5) is 0 Å². The van der Waals surface area contributed by atoms with Crippen molar-refractivity contribution in [3.05, 3.63) is 29.5 Å². The second-order valence-electron chi connectivity index (χ2n) is 4.83. The summed E-state index contributed by atoms with van der Waals surface area (Å²) >= 11 is 0. The molecule has 0 fully saturated rings. The molecule has 0 amide bonds. The summed E-state index contributed by atoms with van der Waals surface area (Å²) in [5.74, 6) is 0.965. The van der Waals surface area contributed by atoms with E-state index in [2.05, 4.69) is 36.0 Å². The predicted octanol–water partition coefficient (Wildman–Crippen LogP) is 2.22. The van der Waals surface area contributed by atoms with Gasteiger partial charge in [0.05, 0.1) is 12.6 Å². The molecule has 1 aliphatic rings. The number of rotatable bonds is 1. The Bertz CT molecular complexity index is 571. The second-order valence-corrected chi connectivity index (χ2v) is 4.83. The maximum absolute atomic E-state index is 5.47. The summed E-state index contributed by atoms with van der Waals surface area (Å²) in [6.07, 6.45) is 1.09. The first-order valence-electron chi connectivity index (χ1n) is 6.09. The van der Waals surface area contributed by atoms with Gasteiger partial charge in [0.25, 0.3) is 0 Å². The zero-order valence-electron chi connectivity index (χ0n) is 10.6. The summed E-state index contributed by atoms with van der Waals surface area (Å²) in [4.78, 5) is 0. The Kier molecular flexibility index (Phi) is 2.37. The van der Waals surface area contributed by atoms with E-state index in [1.165, 1.54) is 22.2 Å². The van der Waals surface area contributed by atoms with E-state index in [-0.39, 0.29) is 0 Å². The van der Waals surface area contributed by atoms with Crippen LogP contribution in [-0.4, -0.2) is 17.7 Å². The number of aromatic nitrogens is 1.